The Kier molecular flexibility index (Phi) is 8.74. The summed E-state index contributed by atoms with van der Waals surface area (Å²) in [7, 11) is 0. The van der Waals surface area contributed by atoms with E-state index in [0.29, 0.717) is 0 Å². The topological polar surface area (TPSA) is 17.1 Å². The summed E-state index contributed by atoms with van der Waals surface area (Å²) in [6.45, 7) is 8.94. The number of rotatable bonds is 9. The van der Waals surface area contributed by atoms with E-state index in [9.17, 15) is 4.79 Å². The zero-order valence-electron chi connectivity index (χ0n) is 10.9. The van der Waals surface area contributed by atoms with Gasteiger partial charge in [0.1, 0.15) is 0 Å². The van der Waals surface area contributed by atoms with Crippen molar-refractivity contribution in [3.63, 3.8) is 0 Å². The van der Waals surface area contributed by atoms with Crippen LogP contribution in [0.5, 0.6) is 0 Å². The molecule has 0 N–H and O–H groups in total. The van der Waals surface area contributed by atoms with Crippen LogP contribution in [0.2, 0.25) is 0 Å². The molecule has 0 aliphatic carbocycles. The van der Waals surface area contributed by atoms with Crippen LogP contribution in [0, 0.1) is 17.8 Å². The fourth-order valence-corrected chi connectivity index (χ4v) is 1.81. The molecule has 1 heteroatoms. The van der Waals surface area contributed by atoms with Gasteiger partial charge < -0.3 is 0 Å². The average Bonchev–Trinajstić information content (AvgIpc) is 2.14. The zero-order valence-corrected chi connectivity index (χ0v) is 10.9. The normalized spacial score (nSPS) is 11.7. The molecule has 0 fully saturated rings. The van der Waals surface area contributed by atoms with E-state index in [4.69, 9.17) is 0 Å². The largest absolute Gasteiger partial charge is 0.291 e. The van der Waals surface area contributed by atoms with Gasteiger partial charge in [0, 0.05) is 5.92 Å². The van der Waals surface area contributed by atoms with Crippen LogP contribution in [-0.4, -0.2) is 6.29 Å². The van der Waals surface area contributed by atoms with Gasteiger partial charge in [-0.1, -0.05) is 53.4 Å². The minimum atomic E-state index is 0.197. The van der Waals surface area contributed by atoms with E-state index >= 15 is 0 Å². The molecule has 0 amide bonds. The highest BCUT2D eigenvalue weighted by Gasteiger charge is 2.08. The third-order valence-corrected chi connectivity index (χ3v) is 2.83. The van der Waals surface area contributed by atoms with Gasteiger partial charge in [0.15, 0.2) is 0 Å². The number of carbonyl (C=O) groups excluding carboxylic acids is 1. The standard InChI is InChI=1S/C14H27O/c1-12(2)7-5-9-14(11-15)10-6-8-13(3)4/h12-14H,5-10H2,1-4H3. The van der Waals surface area contributed by atoms with Crippen LogP contribution >= 0.6 is 0 Å². The van der Waals surface area contributed by atoms with Crippen molar-refractivity contribution in [2.75, 3.05) is 0 Å². The number of hydrogen-bond donors (Lipinski definition) is 0. The van der Waals surface area contributed by atoms with E-state index in [1.165, 1.54) is 25.7 Å². The third-order valence-electron chi connectivity index (χ3n) is 2.83. The van der Waals surface area contributed by atoms with Crippen LogP contribution in [-0.2, 0) is 4.79 Å². The molecule has 0 aromatic carbocycles. The molecule has 0 aromatic rings. The Morgan fingerprint density at radius 1 is 0.800 bits per heavy atom. The summed E-state index contributed by atoms with van der Waals surface area (Å²) in [5.41, 5.74) is 0. The van der Waals surface area contributed by atoms with Gasteiger partial charge in [-0.2, -0.15) is 0 Å². The highest BCUT2D eigenvalue weighted by atomic mass is 16.1. The predicted molar refractivity (Wildman–Crippen MR) is 66.6 cm³/mol. The van der Waals surface area contributed by atoms with Crippen molar-refractivity contribution in [1.82, 2.24) is 0 Å². The van der Waals surface area contributed by atoms with E-state index in [1.54, 1.807) is 0 Å². The second-order valence-electron chi connectivity index (χ2n) is 5.46. The Morgan fingerprint density at radius 2 is 1.20 bits per heavy atom. The van der Waals surface area contributed by atoms with Crippen LogP contribution < -0.4 is 0 Å². The first kappa shape index (κ1) is 14.7. The Bertz CT molecular complexity index is 135. The Labute approximate surface area is 95.6 Å². The highest BCUT2D eigenvalue weighted by molar-refractivity contribution is 5.54. The van der Waals surface area contributed by atoms with Crippen molar-refractivity contribution < 1.29 is 4.79 Å². The maximum atomic E-state index is 10.7. The molecule has 0 spiro atoms. The van der Waals surface area contributed by atoms with Crippen LogP contribution in [0.3, 0.4) is 0 Å². The van der Waals surface area contributed by atoms with Crippen molar-refractivity contribution in [3.05, 3.63) is 0 Å². The molecule has 89 valence electrons. The van der Waals surface area contributed by atoms with Gasteiger partial charge in [-0.05, 0) is 24.7 Å². The lowest BCUT2D eigenvalue weighted by Crippen LogP contribution is -2.03. The lowest BCUT2D eigenvalue weighted by Gasteiger charge is -2.11. The molecule has 1 radical (unpaired) electrons. The van der Waals surface area contributed by atoms with Gasteiger partial charge in [0.25, 0.3) is 0 Å². The summed E-state index contributed by atoms with van der Waals surface area (Å²) in [4.78, 5) is 10.7. The summed E-state index contributed by atoms with van der Waals surface area (Å²) >= 11 is 0. The molecule has 0 rings (SSSR count). The first-order chi connectivity index (χ1) is 7.06. The van der Waals surface area contributed by atoms with E-state index < -0.39 is 0 Å². The van der Waals surface area contributed by atoms with Gasteiger partial charge in [-0.3, -0.25) is 4.79 Å². The molecule has 0 heterocycles. The third kappa shape index (κ3) is 9.96. The molecular weight excluding hydrogens is 184 g/mol. The SMILES string of the molecule is CC(C)CCCC([C]=O)CCCC(C)C. The van der Waals surface area contributed by atoms with E-state index in [1.807, 2.05) is 0 Å². The highest BCUT2D eigenvalue weighted by Crippen LogP contribution is 2.17. The molecule has 15 heavy (non-hydrogen) atoms. The van der Waals surface area contributed by atoms with Crippen molar-refractivity contribution in [3.8, 4) is 0 Å². The smallest absolute Gasteiger partial charge is 0.201 e. The first-order valence-corrected chi connectivity index (χ1v) is 6.44. The van der Waals surface area contributed by atoms with Crippen LogP contribution in [0.1, 0.15) is 66.2 Å². The summed E-state index contributed by atoms with van der Waals surface area (Å²) in [5.74, 6) is 1.71. The second-order valence-corrected chi connectivity index (χ2v) is 5.46. The van der Waals surface area contributed by atoms with Crippen molar-refractivity contribution in [2.45, 2.75) is 66.2 Å². The summed E-state index contributed by atoms with van der Waals surface area (Å²) in [6.07, 6.45) is 9.12. The van der Waals surface area contributed by atoms with E-state index in [2.05, 4.69) is 34.0 Å². The van der Waals surface area contributed by atoms with Crippen LogP contribution in [0.4, 0.5) is 0 Å². The number of hydrogen-bond acceptors (Lipinski definition) is 1. The lowest BCUT2D eigenvalue weighted by molar-refractivity contribution is 0.428. The Balaban J connectivity index is 3.50. The molecular formula is C14H27O. The molecule has 0 unspecified atom stereocenters. The van der Waals surface area contributed by atoms with Crippen LogP contribution in [0.25, 0.3) is 0 Å². The molecule has 0 atom stereocenters. The monoisotopic (exact) mass is 211 g/mol. The van der Waals surface area contributed by atoms with Crippen molar-refractivity contribution in [2.24, 2.45) is 17.8 Å². The fourth-order valence-electron chi connectivity index (χ4n) is 1.81. The summed E-state index contributed by atoms with van der Waals surface area (Å²) in [6, 6.07) is 0. The summed E-state index contributed by atoms with van der Waals surface area (Å²) in [5, 5.41) is 0. The van der Waals surface area contributed by atoms with Crippen LogP contribution in [0.15, 0.2) is 0 Å². The van der Waals surface area contributed by atoms with Gasteiger partial charge in [-0.25, -0.2) is 0 Å². The molecule has 0 aromatic heterocycles. The molecule has 0 bridgehead atoms. The maximum absolute atomic E-state index is 10.7. The quantitative estimate of drug-likeness (QED) is 0.553. The molecule has 0 saturated carbocycles. The van der Waals surface area contributed by atoms with Crippen molar-refractivity contribution in [1.29, 1.82) is 0 Å². The van der Waals surface area contributed by atoms with E-state index in [-0.39, 0.29) is 5.92 Å². The van der Waals surface area contributed by atoms with Crippen molar-refractivity contribution >= 4 is 6.29 Å². The molecule has 0 aliphatic rings. The Morgan fingerprint density at radius 3 is 1.47 bits per heavy atom. The Hall–Kier alpha value is -0.330. The van der Waals surface area contributed by atoms with Gasteiger partial charge >= 0.3 is 0 Å². The van der Waals surface area contributed by atoms with Gasteiger partial charge in [0.05, 0.1) is 0 Å². The molecule has 0 aliphatic heterocycles. The predicted octanol–water partition coefficient (Wildman–Crippen LogP) is 4.36. The minimum Gasteiger partial charge on any atom is -0.291 e. The molecule has 1 nitrogen and oxygen atoms in total. The zero-order chi connectivity index (χ0) is 11.7. The molecule has 0 saturated heterocycles. The summed E-state index contributed by atoms with van der Waals surface area (Å²) < 4.78 is 0. The van der Waals surface area contributed by atoms with Gasteiger partial charge in [-0.15, -0.1) is 0 Å². The van der Waals surface area contributed by atoms with Gasteiger partial charge in [0.2, 0.25) is 6.29 Å². The fraction of sp³-hybridized carbons (Fsp3) is 0.929. The lowest BCUT2D eigenvalue weighted by atomic mass is 9.93. The first-order valence-electron chi connectivity index (χ1n) is 6.44. The second kappa shape index (κ2) is 8.94. The maximum Gasteiger partial charge on any atom is 0.201 e. The van der Waals surface area contributed by atoms with E-state index in [0.717, 1.165) is 24.7 Å². The minimum absolute atomic E-state index is 0.197. The average molecular weight is 211 g/mol.